The Hall–Kier alpha value is -0.300. The van der Waals surface area contributed by atoms with Crippen molar-refractivity contribution in [3.05, 3.63) is 12.2 Å². The minimum atomic E-state index is 0.560. The molecule has 0 saturated heterocycles. The van der Waals surface area contributed by atoms with Crippen LogP contribution in [0.1, 0.15) is 71.1 Å². The molecule has 0 aromatic rings. The minimum Gasteiger partial charge on any atom is -0.381 e. The number of methoxy groups -OCH3 is 1. The predicted molar refractivity (Wildman–Crippen MR) is 82.3 cm³/mol. The highest BCUT2D eigenvalue weighted by atomic mass is 16.5. The van der Waals surface area contributed by atoms with Gasteiger partial charge in [-0.1, -0.05) is 25.5 Å². The first-order valence-electron chi connectivity index (χ1n) is 8.53. The van der Waals surface area contributed by atoms with E-state index in [1.807, 2.05) is 7.11 Å². The first-order valence-corrected chi connectivity index (χ1v) is 8.53. The van der Waals surface area contributed by atoms with E-state index in [-0.39, 0.29) is 0 Å². The fourth-order valence-corrected chi connectivity index (χ4v) is 4.06. The molecule has 0 aliphatic heterocycles. The van der Waals surface area contributed by atoms with Crippen LogP contribution in [0.3, 0.4) is 0 Å². The van der Waals surface area contributed by atoms with Crippen LogP contribution in [-0.2, 0) is 4.74 Å². The number of hydrogen-bond acceptors (Lipinski definition) is 1. The highest BCUT2D eigenvalue weighted by Crippen LogP contribution is 2.40. The lowest BCUT2D eigenvalue weighted by atomic mass is 9.70. The van der Waals surface area contributed by atoms with E-state index in [0.717, 1.165) is 17.8 Å². The molecule has 2 fully saturated rings. The number of hydrogen-bond donors (Lipinski definition) is 0. The predicted octanol–water partition coefficient (Wildman–Crippen LogP) is 5.35. The van der Waals surface area contributed by atoms with Crippen LogP contribution in [-0.4, -0.2) is 13.2 Å². The summed E-state index contributed by atoms with van der Waals surface area (Å²) in [6.45, 7) is 2.26. The van der Waals surface area contributed by atoms with E-state index in [2.05, 4.69) is 19.1 Å². The number of unbranched alkanes of at least 4 members (excludes halogenated alkanes) is 1. The molecule has 2 saturated carbocycles. The average molecular weight is 264 g/mol. The van der Waals surface area contributed by atoms with E-state index in [1.54, 1.807) is 0 Å². The standard InChI is InChI=1S/C18H32O/c1-3-4-5-6-15-7-9-16(10-8-15)17-11-13-18(19-2)14-12-17/h5-6,15-18H,3-4,7-14H2,1-2H3. The normalized spacial score (nSPS) is 36.7. The fraction of sp³-hybridized carbons (Fsp3) is 0.889. The molecule has 0 unspecified atom stereocenters. The molecular weight excluding hydrogens is 232 g/mol. The number of allylic oxidation sites excluding steroid dienone is 2. The Bertz CT molecular complexity index is 255. The molecule has 0 spiro atoms. The summed E-state index contributed by atoms with van der Waals surface area (Å²) in [6.07, 6.45) is 19.3. The largest absolute Gasteiger partial charge is 0.381 e. The lowest BCUT2D eigenvalue weighted by Crippen LogP contribution is -2.27. The Morgan fingerprint density at radius 2 is 1.47 bits per heavy atom. The molecule has 0 atom stereocenters. The number of rotatable bonds is 5. The summed E-state index contributed by atoms with van der Waals surface area (Å²) in [5, 5.41) is 0. The molecule has 0 N–H and O–H groups in total. The van der Waals surface area contributed by atoms with Crippen LogP contribution in [0.25, 0.3) is 0 Å². The van der Waals surface area contributed by atoms with Gasteiger partial charge in [0.05, 0.1) is 6.10 Å². The molecular formula is C18H32O. The lowest BCUT2D eigenvalue weighted by molar-refractivity contribution is 0.0405. The minimum absolute atomic E-state index is 0.560. The second kappa shape index (κ2) is 8.09. The van der Waals surface area contributed by atoms with Crippen molar-refractivity contribution in [3.8, 4) is 0 Å². The molecule has 19 heavy (non-hydrogen) atoms. The zero-order valence-electron chi connectivity index (χ0n) is 12.9. The maximum absolute atomic E-state index is 5.49. The second-order valence-corrected chi connectivity index (χ2v) is 6.66. The molecule has 0 radical (unpaired) electrons. The van der Waals surface area contributed by atoms with Gasteiger partial charge in [-0.3, -0.25) is 0 Å². The molecule has 2 rings (SSSR count). The summed E-state index contributed by atoms with van der Waals surface area (Å²) in [6, 6.07) is 0. The van der Waals surface area contributed by atoms with E-state index in [1.165, 1.54) is 64.2 Å². The lowest BCUT2D eigenvalue weighted by Gasteiger charge is -2.37. The van der Waals surface area contributed by atoms with E-state index >= 15 is 0 Å². The van der Waals surface area contributed by atoms with Crippen LogP contribution < -0.4 is 0 Å². The summed E-state index contributed by atoms with van der Waals surface area (Å²) in [4.78, 5) is 0. The maximum atomic E-state index is 5.49. The Labute approximate surface area is 119 Å². The van der Waals surface area contributed by atoms with Crippen molar-refractivity contribution in [1.82, 2.24) is 0 Å². The molecule has 1 nitrogen and oxygen atoms in total. The molecule has 0 aromatic carbocycles. The fourth-order valence-electron chi connectivity index (χ4n) is 4.06. The smallest absolute Gasteiger partial charge is 0.0571 e. The van der Waals surface area contributed by atoms with Gasteiger partial charge in [0.1, 0.15) is 0 Å². The third-order valence-corrected chi connectivity index (χ3v) is 5.40. The Morgan fingerprint density at radius 1 is 0.895 bits per heavy atom. The van der Waals surface area contributed by atoms with E-state index in [9.17, 15) is 0 Å². The Kier molecular flexibility index (Phi) is 6.43. The Balaban J connectivity index is 1.68. The van der Waals surface area contributed by atoms with Crippen LogP contribution in [0, 0.1) is 17.8 Å². The molecule has 2 aliphatic carbocycles. The molecule has 0 aromatic heterocycles. The monoisotopic (exact) mass is 264 g/mol. The van der Waals surface area contributed by atoms with E-state index in [0.29, 0.717) is 6.10 Å². The topological polar surface area (TPSA) is 9.23 Å². The van der Waals surface area contributed by atoms with Gasteiger partial charge in [0, 0.05) is 7.11 Å². The van der Waals surface area contributed by atoms with Crippen molar-refractivity contribution in [2.24, 2.45) is 17.8 Å². The van der Waals surface area contributed by atoms with Crippen molar-refractivity contribution < 1.29 is 4.74 Å². The first-order chi connectivity index (χ1) is 9.33. The van der Waals surface area contributed by atoms with Crippen molar-refractivity contribution in [2.75, 3.05) is 7.11 Å². The van der Waals surface area contributed by atoms with Gasteiger partial charge in [0.15, 0.2) is 0 Å². The Morgan fingerprint density at radius 3 is 2.00 bits per heavy atom. The molecule has 110 valence electrons. The number of ether oxygens (including phenoxy) is 1. The van der Waals surface area contributed by atoms with Crippen molar-refractivity contribution >= 4 is 0 Å². The van der Waals surface area contributed by atoms with Gasteiger partial charge in [0.25, 0.3) is 0 Å². The molecule has 2 aliphatic rings. The van der Waals surface area contributed by atoms with E-state index in [4.69, 9.17) is 4.74 Å². The van der Waals surface area contributed by atoms with Gasteiger partial charge in [-0.15, -0.1) is 0 Å². The van der Waals surface area contributed by atoms with Crippen LogP contribution in [0.15, 0.2) is 12.2 Å². The third-order valence-electron chi connectivity index (χ3n) is 5.40. The van der Waals surface area contributed by atoms with Crippen molar-refractivity contribution in [3.63, 3.8) is 0 Å². The molecule has 0 heterocycles. The van der Waals surface area contributed by atoms with Gasteiger partial charge < -0.3 is 4.74 Å². The zero-order valence-corrected chi connectivity index (χ0v) is 12.9. The molecule has 0 bridgehead atoms. The summed E-state index contributed by atoms with van der Waals surface area (Å²) in [5.41, 5.74) is 0. The molecule has 1 heteroatoms. The SMILES string of the molecule is CCCC=CC1CCC(C2CCC(OC)CC2)CC1. The summed E-state index contributed by atoms with van der Waals surface area (Å²) in [5.74, 6) is 2.92. The van der Waals surface area contributed by atoms with Gasteiger partial charge in [-0.2, -0.15) is 0 Å². The van der Waals surface area contributed by atoms with Crippen LogP contribution in [0.2, 0.25) is 0 Å². The summed E-state index contributed by atoms with van der Waals surface area (Å²) < 4.78 is 5.49. The molecule has 0 amide bonds. The third kappa shape index (κ3) is 4.63. The van der Waals surface area contributed by atoms with Gasteiger partial charge >= 0.3 is 0 Å². The van der Waals surface area contributed by atoms with E-state index < -0.39 is 0 Å². The maximum Gasteiger partial charge on any atom is 0.0571 e. The highest BCUT2D eigenvalue weighted by molar-refractivity contribution is 4.92. The first kappa shape index (κ1) is 15.1. The van der Waals surface area contributed by atoms with Crippen molar-refractivity contribution in [2.45, 2.75) is 77.2 Å². The quantitative estimate of drug-likeness (QED) is 0.608. The van der Waals surface area contributed by atoms with Gasteiger partial charge in [0.2, 0.25) is 0 Å². The average Bonchev–Trinajstić information content (AvgIpc) is 2.48. The van der Waals surface area contributed by atoms with Crippen LogP contribution >= 0.6 is 0 Å². The second-order valence-electron chi connectivity index (χ2n) is 6.66. The summed E-state index contributed by atoms with van der Waals surface area (Å²) >= 11 is 0. The highest BCUT2D eigenvalue weighted by Gasteiger charge is 2.30. The zero-order chi connectivity index (χ0) is 13.5. The van der Waals surface area contributed by atoms with Gasteiger partial charge in [-0.25, -0.2) is 0 Å². The summed E-state index contributed by atoms with van der Waals surface area (Å²) in [7, 11) is 1.87. The van der Waals surface area contributed by atoms with Gasteiger partial charge in [-0.05, 0) is 75.5 Å². The van der Waals surface area contributed by atoms with Crippen LogP contribution in [0.5, 0.6) is 0 Å². The van der Waals surface area contributed by atoms with Crippen molar-refractivity contribution in [1.29, 1.82) is 0 Å². The van der Waals surface area contributed by atoms with Crippen LogP contribution in [0.4, 0.5) is 0 Å².